The molecular formula is C12H18N2O2S. The molecule has 1 aliphatic heterocycles. The zero-order valence-corrected chi connectivity index (χ0v) is 10.8. The summed E-state index contributed by atoms with van der Waals surface area (Å²) in [7, 11) is -3.06. The predicted molar refractivity (Wildman–Crippen MR) is 68.3 cm³/mol. The fraction of sp³-hybridized carbons (Fsp3) is 0.500. The molecule has 17 heavy (non-hydrogen) atoms. The third-order valence-electron chi connectivity index (χ3n) is 3.00. The maximum Gasteiger partial charge on any atom is 0.208 e. The van der Waals surface area contributed by atoms with Crippen LogP contribution < -0.4 is 4.72 Å². The van der Waals surface area contributed by atoms with E-state index in [1.807, 2.05) is 0 Å². The van der Waals surface area contributed by atoms with Crippen molar-refractivity contribution in [2.24, 2.45) is 0 Å². The highest BCUT2D eigenvalue weighted by molar-refractivity contribution is 7.88. The third-order valence-corrected chi connectivity index (χ3v) is 3.73. The van der Waals surface area contributed by atoms with Crippen molar-refractivity contribution in [2.45, 2.75) is 13.0 Å². The van der Waals surface area contributed by atoms with Crippen molar-refractivity contribution in [1.82, 2.24) is 9.62 Å². The molecule has 2 rings (SSSR count). The second-order valence-electron chi connectivity index (χ2n) is 4.46. The van der Waals surface area contributed by atoms with Gasteiger partial charge in [0.05, 0.1) is 6.26 Å². The van der Waals surface area contributed by atoms with Gasteiger partial charge in [-0.05, 0) is 17.5 Å². The van der Waals surface area contributed by atoms with Crippen LogP contribution in [0.1, 0.15) is 11.1 Å². The molecule has 0 aliphatic carbocycles. The maximum atomic E-state index is 10.9. The molecule has 0 saturated carbocycles. The average Bonchev–Trinajstić information content (AvgIpc) is 2.27. The number of rotatable bonds is 4. The first-order chi connectivity index (χ1) is 8.04. The second kappa shape index (κ2) is 5.16. The highest BCUT2D eigenvalue weighted by atomic mass is 32.2. The molecule has 0 saturated heterocycles. The fourth-order valence-corrected chi connectivity index (χ4v) is 2.60. The summed E-state index contributed by atoms with van der Waals surface area (Å²) in [5.74, 6) is 0. The predicted octanol–water partition coefficient (Wildman–Crippen LogP) is 0.594. The Kier molecular flexibility index (Phi) is 3.81. The van der Waals surface area contributed by atoms with Gasteiger partial charge in [0.25, 0.3) is 0 Å². The molecule has 1 aromatic rings. The molecule has 1 aromatic carbocycles. The standard InChI is InChI=1S/C12H18N2O2S/c1-17(15,16)13-7-9-14-8-6-11-4-2-3-5-12(11)10-14/h2-5,13H,6-10H2,1H3. The van der Waals surface area contributed by atoms with Crippen LogP contribution in [-0.2, 0) is 23.0 Å². The van der Waals surface area contributed by atoms with Gasteiger partial charge >= 0.3 is 0 Å². The van der Waals surface area contributed by atoms with E-state index >= 15 is 0 Å². The summed E-state index contributed by atoms with van der Waals surface area (Å²) in [6, 6.07) is 8.43. The van der Waals surface area contributed by atoms with Crippen LogP contribution >= 0.6 is 0 Å². The van der Waals surface area contributed by atoms with Crippen LogP contribution in [0.15, 0.2) is 24.3 Å². The van der Waals surface area contributed by atoms with E-state index in [1.54, 1.807) is 0 Å². The van der Waals surface area contributed by atoms with Crippen molar-refractivity contribution in [2.75, 3.05) is 25.9 Å². The number of hydrogen-bond acceptors (Lipinski definition) is 3. The first kappa shape index (κ1) is 12.5. The van der Waals surface area contributed by atoms with Crippen molar-refractivity contribution in [3.05, 3.63) is 35.4 Å². The molecule has 4 nitrogen and oxygen atoms in total. The third kappa shape index (κ3) is 3.80. The largest absolute Gasteiger partial charge is 0.297 e. The fourth-order valence-electron chi connectivity index (χ4n) is 2.13. The monoisotopic (exact) mass is 254 g/mol. The van der Waals surface area contributed by atoms with Gasteiger partial charge in [-0.1, -0.05) is 24.3 Å². The molecule has 1 heterocycles. The van der Waals surface area contributed by atoms with Gasteiger partial charge in [-0.3, -0.25) is 4.90 Å². The molecule has 0 unspecified atom stereocenters. The van der Waals surface area contributed by atoms with Crippen LogP contribution in [0.2, 0.25) is 0 Å². The normalized spacial score (nSPS) is 16.8. The molecule has 0 atom stereocenters. The summed E-state index contributed by atoms with van der Waals surface area (Å²) >= 11 is 0. The summed E-state index contributed by atoms with van der Waals surface area (Å²) in [4.78, 5) is 2.28. The lowest BCUT2D eigenvalue weighted by Crippen LogP contribution is -2.37. The Bertz CT molecular complexity index is 485. The molecule has 0 amide bonds. The van der Waals surface area contributed by atoms with Crippen LogP contribution in [0.4, 0.5) is 0 Å². The molecule has 0 aromatic heterocycles. The second-order valence-corrected chi connectivity index (χ2v) is 6.29. The smallest absolute Gasteiger partial charge is 0.208 e. The van der Waals surface area contributed by atoms with E-state index < -0.39 is 10.0 Å². The van der Waals surface area contributed by atoms with E-state index in [0.29, 0.717) is 6.54 Å². The van der Waals surface area contributed by atoms with Crippen molar-refractivity contribution in [3.8, 4) is 0 Å². The lowest BCUT2D eigenvalue weighted by atomic mass is 10.0. The topological polar surface area (TPSA) is 49.4 Å². The van der Waals surface area contributed by atoms with Crippen LogP contribution in [0.5, 0.6) is 0 Å². The van der Waals surface area contributed by atoms with Crippen LogP contribution in [0, 0.1) is 0 Å². The first-order valence-electron chi connectivity index (χ1n) is 5.78. The van der Waals surface area contributed by atoms with E-state index in [0.717, 1.165) is 26.1 Å². The van der Waals surface area contributed by atoms with Gasteiger partial charge in [-0.15, -0.1) is 0 Å². The number of nitrogens with one attached hydrogen (secondary N) is 1. The van der Waals surface area contributed by atoms with Gasteiger partial charge in [0, 0.05) is 26.2 Å². The summed E-state index contributed by atoms with van der Waals surface area (Å²) in [5.41, 5.74) is 2.78. The molecule has 1 N–H and O–H groups in total. The van der Waals surface area contributed by atoms with E-state index in [1.165, 1.54) is 17.4 Å². The van der Waals surface area contributed by atoms with E-state index in [-0.39, 0.29) is 0 Å². The number of hydrogen-bond donors (Lipinski definition) is 1. The van der Waals surface area contributed by atoms with Crippen molar-refractivity contribution in [1.29, 1.82) is 0 Å². The number of nitrogens with zero attached hydrogens (tertiary/aromatic N) is 1. The Morgan fingerprint density at radius 2 is 2.00 bits per heavy atom. The van der Waals surface area contributed by atoms with Gasteiger partial charge in [0.2, 0.25) is 10.0 Å². The number of benzene rings is 1. The van der Waals surface area contributed by atoms with Gasteiger partial charge in [0.1, 0.15) is 0 Å². The molecule has 5 heteroatoms. The van der Waals surface area contributed by atoms with Gasteiger partial charge < -0.3 is 0 Å². The highest BCUT2D eigenvalue weighted by Crippen LogP contribution is 2.17. The Labute approximate surface area is 103 Å². The van der Waals surface area contributed by atoms with Crippen molar-refractivity contribution in [3.63, 3.8) is 0 Å². The molecule has 0 spiro atoms. The minimum Gasteiger partial charge on any atom is -0.297 e. The Hall–Kier alpha value is -0.910. The Balaban J connectivity index is 1.86. The van der Waals surface area contributed by atoms with E-state index in [9.17, 15) is 8.42 Å². The van der Waals surface area contributed by atoms with Gasteiger partial charge in [-0.25, -0.2) is 13.1 Å². The number of fused-ring (bicyclic) bond motifs is 1. The molecule has 0 fully saturated rings. The summed E-state index contributed by atoms with van der Waals surface area (Å²) in [6.45, 7) is 3.17. The molecule has 0 radical (unpaired) electrons. The minimum absolute atomic E-state index is 0.487. The zero-order valence-electron chi connectivity index (χ0n) is 10.0. The van der Waals surface area contributed by atoms with Crippen LogP contribution in [-0.4, -0.2) is 39.2 Å². The van der Waals surface area contributed by atoms with Crippen LogP contribution in [0.3, 0.4) is 0 Å². The van der Waals surface area contributed by atoms with Gasteiger partial charge in [0.15, 0.2) is 0 Å². The lowest BCUT2D eigenvalue weighted by Gasteiger charge is -2.28. The molecule has 0 bridgehead atoms. The highest BCUT2D eigenvalue weighted by Gasteiger charge is 2.15. The van der Waals surface area contributed by atoms with Crippen molar-refractivity contribution < 1.29 is 8.42 Å². The zero-order chi connectivity index (χ0) is 12.3. The average molecular weight is 254 g/mol. The van der Waals surface area contributed by atoms with E-state index in [2.05, 4.69) is 33.9 Å². The first-order valence-corrected chi connectivity index (χ1v) is 7.67. The Morgan fingerprint density at radius 1 is 1.29 bits per heavy atom. The summed E-state index contributed by atoms with van der Waals surface area (Å²) in [5, 5.41) is 0. The lowest BCUT2D eigenvalue weighted by molar-refractivity contribution is 0.259. The number of sulfonamides is 1. The van der Waals surface area contributed by atoms with Crippen molar-refractivity contribution >= 4 is 10.0 Å². The van der Waals surface area contributed by atoms with Gasteiger partial charge in [-0.2, -0.15) is 0 Å². The quantitative estimate of drug-likeness (QED) is 0.856. The summed E-state index contributed by atoms with van der Waals surface area (Å²) < 4.78 is 24.4. The van der Waals surface area contributed by atoms with Crippen LogP contribution in [0.25, 0.3) is 0 Å². The molecule has 1 aliphatic rings. The molecular weight excluding hydrogens is 236 g/mol. The Morgan fingerprint density at radius 3 is 2.71 bits per heavy atom. The summed E-state index contributed by atoms with van der Waals surface area (Å²) in [6.07, 6.45) is 2.24. The van der Waals surface area contributed by atoms with E-state index in [4.69, 9.17) is 0 Å². The minimum atomic E-state index is -3.06. The maximum absolute atomic E-state index is 10.9. The molecule has 94 valence electrons. The SMILES string of the molecule is CS(=O)(=O)NCCN1CCc2ccccc2C1.